The van der Waals surface area contributed by atoms with Gasteiger partial charge in [0.15, 0.2) is 0 Å². The molecule has 0 aliphatic carbocycles. The molecule has 1 heteroatoms. The average molecular weight is 312 g/mol. The van der Waals surface area contributed by atoms with Crippen molar-refractivity contribution < 1.29 is 0 Å². The molecular weight excluding hydrogens is 296 g/mol. The molecule has 1 rings (SSSR count). The van der Waals surface area contributed by atoms with Gasteiger partial charge in [0.1, 0.15) is 0 Å². The summed E-state index contributed by atoms with van der Waals surface area (Å²) < 4.78 is 3.70. The Kier molecular flexibility index (Phi) is 7.10. The van der Waals surface area contributed by atoms with Gasteiger partial charge >= 0.3 is 103 Å². The molecule has 0 spiro atoms. The second-order valence-corrected chi connectivity index (χ2v) is 6.06. The van der Waals surface area contributed by atoms with E-state index in [-0.39, 0.29) is 20.9 Å². The number of benzene rings is 1. The van der Waals surface area contributed by atoms with Crippen LogP contribution in [0.25, 0.3) is 0 Å². The molecule has 0 unspecified atom stereocenters. The maximum atomic E-state index is 3.12. The predicted molar refractivity (Wildman–Crippen MR) is 67.9 cm³/mol. The topological polar surface area (TPSA) is 0 Å². The summed E-state index contributed by atoms with van der Waals surface area (Å²) in [6, 6.07) is 10.1. The van der Waals surface area contributed by atoms with E-state index in [1.54, 1.807) is 0 Å². The molecule has 0 saturated heterocycles. The first-order valence-electron chi connectivity index (χ1n) is 5.26. The summed E-state index contributed by atoms with van der Waals surface area (Å²) in [5.74, 6) is 6.20. The molecule has 15 heavy (non-hydrogen) atoms. The van der Waals surface area contributed by atoms with Gasteiger partial charge in [-0.15, -0.1) is 0 Å². The van der Waals surface area contributed by atoms with Crippen LogP contribution in [-0.2, 0) is 0 Å². The number of hydrogen-bond donors (Lipinski definition) is 0. The predicted octanol–water partition coefficient (Wildman–Crippen LogP) is 3.47. The second kappa shape index (κ2) is 8.60. The van der Waals surface area contributed by atoms with Crippen LogP contribution in [0.4, 0.5) is 0 Å². The van der Waals surface area contributed by atoms with Gasteiger partial charge in [0.05, 0.1) is 0 Å². The maximum absolute atomic E-state index is 3.12. The number of allylic oxidation sites excluding steroid dienone is 1. The van der Waals surface area contributed by atoms with E-state index >= 15 is 0 Å². The number of hydrogen-bond acceptors (Lipinski definition) is 0. The Morgan fingerprint density at radius 3 is 2.80 bits per heavy atom. The Labute approximate surface area is 103 Å². The van der Waals surface area contributed by atoms with Gasteiger partial charge in [-0.05, 0) is 0 Å². The molecule has 1 aromatic rings. The molecule has 0 amide bonds. The Balaban J connectivity index is 2.28. The van der Waals surface area contributed by atoms with E-state index in [2.05, 4.69) is 22.9 Å². The fraction of sp³-hybridized carbons (Fsp3) is 0.286. The molecule has 0 aromatic heterocycles. The van der Waals surface area contributed by atoms with Crippen molar-refractivity contribution in [2.45, 2.75) is 24.2 Å². The van der Waals surface area contributed by atoms with Crippen LogP contribution < -0.4 is 0 Å². The van der Waals surface area contributed by atoms with Crippen molar-refractivity contribution in [1.29, 1.82) is 0 Å². The van der Waals surface area contributed by atoms with Crippen LogP contribution in [0.15, 0.2) is 40.5 Å². The van der Waals surface area contributed by atoms with E-state index in [9.17, 15) is 0 Å². The van der Waals surface area contributed by atoms with E-state index in [0.717, 1.165) is 5.56 Å². The first kappa shape index (κ1) is 12.4. The summed E-state index contributed by atoms with van der Waals surface area (Å²) in [7, 11) is 0. The Morgan fingerprint density at radius 1 is 1.27 bits per heavy atom. The fourth-order valence-corrected chi connectivity index (χ4v) is 3.18. The van der Waals surface area contributed by atoms with Crippen LogP contribution in [0.5, 0.6) is 0 Å². The summed E-state index contributed by atoms with van der Waals surface area (Å²) in [5.41, 5.74) is 1.09. The molecule has 0 atom stereocenters. The van der Waals surface area contributed by atoms with Gasteiger partial charge in [-0.1, -0.05) is 0 Å². The average Bonchev–Trinajstić information content (AvgIpc) is 2.29. The van der Waals surface area contributed by atoms with Gasteiger partial charge < -0.3 is 0 Å². The molecular formula is C14H16Te. The second-order valence-electron chi connectivity index (χ2n) is 3.16. The zero-order valence-corrected chi connectivity index (χ0v) is 11.4. The van der Waals surface area contributed by atoms with Gasteiger partial charge in [-0.3, -0.25) is 0 Å². The molecule has 78 valence electrons. The van der Waals surface area contributed by atoms with E-state index in [0.29, 0.717) is 0 Å². The monoisotopic (exact) mass is 314 g/mol. The summed E-state index contributed by atoms with van der Waals surface area (Å²) >= 11 is 0.0896. The van der Waals surface area contributed by atoms with E-state index in [1.165, 1.54) is 17.3 Å². The minimum atomic E-state index is 0.0896. The molecule has 0 fully saturated rings. The van der Waals surface area contributed by atoms with Crippen molar-refractivity contribution in [1.82, 2.24) is 0 Å². The van der Waals surface area contributed by atoms with Crippen LogP contribution in [0, 0.1) is 11.8 Å². The minimum absolute atomic E-state index is 0.0896. The van der Waals surface area contributed by atoms with Crippen LogP contribution in [0.2, 0.25) is 4.47 Å². The van der Waals surface area contributed by atoms with Crippen molar-refractivity contribution in [3.63, 3.8) is 0 Å². The SMILES string of the molecule is CCCC[Te]C=CC#Cc1ccccc1. The first-order chi connectivity index (χ1) is 7.43. The zero-order chi connectivity index (χ0) is 10.8. The Bertz CT molecular complexity index is 341. The molecule has 0 aliphatic rings. The number of rotatable bonds is 4. The summed E-state index contributed by atoms with van der Waals surface area (Å²) in [4.78, 5) is 0. The Hall–Kier alpha value is -0.690. The van der Waals surface area contributed by atoms with Gasteiger partial charge in [0, 0.05) is 0 Å². The van der Waals surface area contributed by atoms with Crippen LogP contribution in [0.1, 0.15) is 25.3 Å². The van der Waals surface area contributed by atoms with Crippen molar-refractivity contribution in [3.05, 3.63) is 46.1 Å². The third-order valence-electron chi connectivity index (χ3n) is 1.85. The molecule has 0 N–H and O–H groups in total. The molecule has 0 heterocycles. The molecule has 0 nitrogen and oxygen atoms in total. The van der Waals surface area contributed by atoms with Gasteiger partial charge in [-0.25, -0.2) is 0 Å². The van der Waals surface area contributed by atoms with Crippen LogP contribution in [-0.4, -0.2) is 20.9 Å². The van der Waals surface area contributed by atoms with E-state index in [1.807, 2.05) is 36.4 Å². The standard InChI is InChI=1S/C14H16Te/c1-2-3-12-15-13-8-7-11-14-9-5-4-6-10-14/h4-6,8-10,13H,2-3,12H2,1H3. The quantitative estimate of drug-likeness (QED) is 0.454. The third kappa shape index (κ3) is 6.40. The molecule has 0 aliphatic heterocycles. The molecule has 0 radical (unpaired) electrons. The summed E-state index contributed by atoms with van der Waals surface area (Å²) in [5, 5.41) is 0. The molecule has 1 aromatic carbocycles. The normalized spacial score (nSPS) is 9.93. The van der Waals surface area contributed by atoms with Crippen molar-refractivity contribution in [3.8, 4) is 11.8 Å². The number of unbranched alkanes of at least 4 members (excludes halogenated alkanes) is 1. The summed E-state index contributed by atoms with van der Waals surface area (Å²) in [6.45, 7) is 2.24. The van der Waals surface area contributed by atoms with Gasteiger partial charge in [0.2, 0.25) is 0 Å². The van der Waals surface area contributed by atoms with E-state index in [4.69, 9.17) is 0 Å². The van der Waals surface area contributed by atoms with Crippen molar-refractivity contribution >= 4 is 20.9 Å². The fourth-order valence-electron chi connectivity index (χ4n) is 1.02. The van der Waals surface area contributed by atoms with Crippen LogP contribution in [0.3, 0.4) is 0 Å². The Morgan fingerprint density at radius 2 is 2.07 bits per heavy atom. The van der Waals surface area contributed by atoms with Gasteiger partial charge in [-0.2, -0.15) is 0 Å². The van der Waals surface area contributed by atoms with Gasteiger partial charge in [0.25, 0.3) is 0 Å². The van der Waals surface area contributed by atoms with Crippen molar-refractivity contribution in [2.24, 2.45) is 0 Å². The molecule has 0 bridgehead atoms. The molecule has 0 saturated carbocycles. The van der Waals surface area contributed by atoms with Crippen molar-refractivity contribution in [2.75, 3.05) is 0 Å². The third-order valence-corrected chi connectivity index (χ3v) is 4.29. The first-order valence-corrected chi connectivity index (χ1v) is 8.26. The van der Waals surface area contributed by atoms with E-state index < -0.39 is 0 Å². The zero-order valence-electron chi connectivity index (χ0n) is 9.07. The summed E-state index contributed by atoms with van der Waals surface area (Å²) in [6.07, 6.45) is 4.71. The van der Waals surface area contributed by atoms with Crippen LogP contribution >= 0.6 is 0 Å².